The molecule has 1 aliphatic heterocycles. The summed E-state index contributed by atoms with van der Waals surface area (Å²) in [5.74, 6) is -0.586. The number of sulfonamides is 1. The monoisotopic (exact) mass is 419 g/mol. The summed E-state index contributed by atoms with van der Waals surface area (Å²) >= 11 is 0. The molecule has 2 amide bonds. The quantitative estimate of drug-likeness (QED) is 0.684. The van der Waals surface area contributed by atoms with Gasteiger partial charge in [0.1, 0.15) is 5.75 Å². The number of nitrogens with zero attached hydrogens (tertiary/aromatic N) is 1. The van der Waals surface area contributed by atoms with Crippen molar-refractivity contribution >= 4 is 27.5 Å². The first kappa shape index (κ1) is 20.8. The van der Waals surface area contributed by atoms with Crippen LogP contribution in [0.1, 0.15) is 10.4 Å². The van der Waals surface area contributed by atoms with E-state index < -0.39 is 21.8 Å². The number of nitrogens with one attached hydrogen (secondary N) is 1. The highest BCUT2D eigenvalue weighted by molar-refractivity contribution is 7.89. The summed E-state index contributed by atoms with van der Waals surface area (Å²) in [6.45, 7) is 1.14. The van der Waals surface area contributed by atoms with Gasteiger partial charge in [0.05, 0.1) is 18.1 Å². The molecule has 9 nitrogen and oxygen atoms in total. The van der Waals surface area contributed by atoms with Crippen molar-refractivity contribution < 1.29 is 27.5 Å². The molecule has 1 heterocycles. The largest absolute Gasteiger partial charge is 0.484 e. The summed E-state index contributed by atoms with van der Waals surface area (Å²) in [7, 11) is -3.57. The second-order valence-electron chi connectivity index (χ2n) is 6.27. The lowest BCUT2D eigenvalue weighted by Crippen LogP contribution is -2.40. The summed E-state index contributed by atoms with van der Waals surface area (Å²) in [6.07, 6.45) is 0. The minimum absolute atomic E-state index is 0.158. The van der Waals surface area contributed by atoms with Crippen LogP contribution >= 0.6 is 0 Å². The van der Waals surface area contributed by atoms with Gasteiger partial charge >= 0.3 is 0 Å². The Morgan fingerprint density at radius 2 is 1.66 bits per heavy atom. The lowest BCUT2D eigenvalue weighted by molar-refractivity contribution is -0.118. The molecule has 154 valence electrons. The highest BCUT2D eigenvalue weighted by Gasteiger charge is 2.26. The number of carbonyl (C=O) groups excluding carboxylic acids is 2. The van der Waals surface area contributed by atoms with Crippen molar-refractivity contribution in [2.24, 2.45) is 5.73 Å². The maximum absolute atomic E-state index is 12.6. The number of hydrogen-bond donors (Lipinski definition) is 2. The molecule has 3 N–H and O–H groups in total. The van der Waals surface area contributed by atoms with Gasteiger partial charge in [0.2, 0.25) is 15.9 Å². The summed E-state index contributed by atoms with van der Waals surface area (Å²) in [5.41, 5.74) is 6.00. The molecule has 0 unspecified atom stereocenters. The van der Waals surface area contributed by atoms with Crippen molar-refractivity contribution in [1.82, 2.24) is 4.31 Å². The van der Waals surface area contributed by atoms with E-state index in [0.29, 0.717) is 43.3 Å². The van der Waals surface area contributed by atoms with Gasteiger partial charge in [0.25, 0.3) is 5.91 Å². The number of benzene rings is 2. The Hall–Kier alpha value is -2.95. The van der Waals surface area contributed by atoms with Crippen LogP contribution < -0.4 is 15.8 Å². The number of primary amides is 1. The molecular weight excluding hydrogens is 398 g/mol. The average molecular weight is 419 g/mol. The van der Waals surface area contributed by atoms with E-state index in [0.717, 1.165) is 0 Å². The van der Waals surface area contributed by atoms with Gasteiger partial charge in [-0.25, -0.2) is 8.42 Å². The van der Waals surface area contributed by atoms with Gasteiger partial charge in [0.15, 0.2) is 6.61 Å². The van der Waals surface area contributed by atoms with E-state index in [1.54, 1.807) is 12.1 Å². The van der Waals surface area contributed by atoms with Crippen molar-refractivity contribution in [3.8, 4) is 5.75 Å². The third kappa shape index (κ3) is 5.31. The lowest BCUT2D eigenvalue weighted by atomic mass is 10.2. The van der Waals surface area contributed by atoms with Gasteiger partial charge in [-0.1, -0.05) is 0 Å². The number of carbonyl (C=O) groups is 2. The minimum Gasteiger partial charge on any atom is -0.484 e. The van der Waals surface area contributed by atoms with Crippen molar-refractivity contribution in [1.29, 1.82) is 0 Å². The fraction of sp³-hybridized carbons (Fsp3) is 0.263. The van der Waals surface area contributed by atoms with Crippen LogP contribution in [0.15, 0.2) is 53.4 Å². The van der Waals surface area contributed by atoms with Gasteiger partial charge in [-0.3, -0.25) is 9.59 Å². The molecule has 1 saturated heterocycles. The number of anilines is 1. The standard InChI is InChI=1S/C19H21N3O6S/c20-19(24)14-1-3-15(4-2-14)21-18(23)13-28-16-5-7-17(8-6-16)29(25,26)22-9-11-27-12-10-22/h1-8H,9-13H2,(H2,20,24)(H,21,23). The molecule has 29 heavy (non-hydrogen) atoms. The van der Waals surface area contributed by atoms with Crippen molar-refractivity contribution in [2.75, 3.05) is 38.2 Å². The Bertz CT molecular complexity index is 968. The molecule has 0 spiro atoms. The van der Waals surface area contributed by atoms with Crippen LogP contribution in [-0.2, 0) is 19.6 Å². The number of ether oxygens (including phenoxy) is 2. The van der Waals surface area contributed by atoms with Gasteiger partial charge in [0, 0.05) is 24.3 Å². The van der Waals surface area contributed by atoms with Crippen LogP contribution in [0.25, 0.3) is 0 Å². The Kier molecular flexibility index (Phi) is 6.47. The fourth-order valence-electron chi connectivity index (χ4n) is 2.71. The Morgan fingerprint density at radius 1 is 1.03 bits per heavy atom. The SMILES string of the molecule is NC(=O)c1ccc(NC(=O)COc2ccc(S(=O)(=O)N3CCOCC3)cc2)cc1. The first-order valence-corrected chi connectivity index (χ1v) is 10.3. The van der Waals surface area contributed by atoms with E-state index in [4.69, 9.17) is 15.2 Å². The number of morpholine rings is 1. The second kappa shape index (κ2) is 9.03. The summed E-state index contributed by atoms with van der Waals surface area (Å²) < 4.78 is 37.1. The van der Waals surface area contributed by atoms with E-state index in [2.05, 4.69) is 5.32 Å². The highest BCUT2D eigenvalue weighted by atomic mass is 32.2. The smallest absolute Gasteiger partial charge is 0.262 e. The Labute approximate surface area is 168 Å². The van der Waals surface area contributed by atoms with E-state index >= 15 is 0 Å². The molecule has 0 aliphatic carbocycles. The third-order valence-electron chi connectivity index (χ3n) is 4.25. The Morgan fingerprint density at radius 3 is 2.24 bits per heavy atom. The number of amides is 2. The van der Waals surface area contributed by atoms with Gasteiger partial charge in [-0.15, -0.1) is 0 Å². The molecular formula is C19H21N3O6S. The predicted octanol–water partition coefficient (Wildman–Crippen LogP) is 0.824. The summed E-state index contributed by atoms with van der Waals surface area (Å²) in [4.78, 5) is 23.2. The van der Waals surface area contributed by atoms with Crippen LogP contribution in [0.2, 0.25) is 0 Å². The maximum atomic E-state index is 12.6. The Balaban J connectivity index is 1.54. The van der Waals surface area contributed by atoms with Gasteiger partial charge < -0.3 is 20.5 Å². The van der Waals surface area contributed by atoms with E-state index in [1.807, 2.05) is 0 Å². The van der Waals surface area contributed by atoms with Gasteiger partial charge in [-0.2, -0.15) is 4.31 Å². The zero-order valence-corrected chi connectivity index (χ0v) is 16.4. The molecule has 10 heteroatoms. The zero-order valence-electron chi connectivity index (χ0n) is 15.5. The maximum Gasteiger partial charge on any atom is 0.262 e. The van der Waals surface area contributed by atoms with Crippen LogP contribution in [-0.4, -0.2) is 57.4 Å². The highest BCUT2D eigenvalue weighted by Crippen LogP contribution is 2.20. The first-order chi connectivity index (χ1) is 13.9. The number of nitrogens with two attached hydrogens (primary N) is 1. The molecule has 1 aliphatic rings. The summed E-state index contributed by atoms with van der Waals surface area (Å²) in [5, 5.41) is 2.63. The van der Waals surface area contributed by atoms with Crippen LogP contribution in [0.4, 0.5) is 5.69 Å². The average Bonchev–Trinajstić information content (AvgIpc) is 2.73. The van der Waals surface area contributed by atoms with E-state index in [1.165, 1.54) is 40.7 Å². The molecule has 0 radical (unpaired) electrons. The molecule has 1 fully saturated rings. The molecule has 0 saturated carbocycles. The molecule has 2 aromatic rings. The van der Waals surface area contributed by atoms with Crippen molar-refractivity contribution in [3.63, 3.8) is 0 Å². The zero-order chi connectivity index (χ0) is 20.9. The van der Waals surface area contributed by atoms with Crippen LogP contribution in [0.3, 0.4) is 0 Å². The van der Waals surface area contributed by atoms with Crippen LogP contribution in [0.5, 0.6) is 5.75 Å². The molecule has 0 atom stereocenters. The molecule has 3 rings (SSSR count). The fourth-order valence-corrected chi connectivity index (χ4v) is 4.12. The van der Waals surface area contributed by atoms with E-state index in [9.17, 15) is 18.0 Å². The minimum atomic E-state index is -3.57. The third-order valence-corrected chi connectivity index (χ3v) is 6.17. The van der Waals surface area contributed by atoms with E-state index in [-0.39, 0.29) is 11.5 Å². The topological polar surface area (TPSA) is 128 Å². The van der Waals surface area contributed by atoms with Crippen molar-refractivity contribution in [2.45, 2.75) is 4.90 Å². The van der Waals surface area contributed by atoms with Gasteiger partial charge in [-0.05, 0) is 48.5 Å². The lowest BCUT2D eigenvalue weighted by Gasteiger charge is -2.26. The number of hydrogen-bond acceptors (Lipinski definition) is 6. The number of rotatable bonds is 7. The van der Waals surface area contributed by atoms with Crippen LogP contribution in [0, 0.1) is 0 Å². The first-order valence-electron chi connectivity index (χ1n) is 8.87. The molecule has 0 bridgehead atoms. The molecule has 2 aromatic carbocycles. The normalized spacial score (nSPS) is 14.9. The second-order valence-corrected chi connectivity index (χ2v) is 8.20. The molecule has 0 aromatic heterocycles. The van der Waals surface area contributed by atoms with Crippen molar-refractivity contribution in [3.05, 3.63) is 54.1 Å². The summed E-state index contributed by atoms with van der Waals surface area (Å²) in [6, 6.07) is 12.0. The predicted molar refractivity (Wildman–Crippen MR) is 105 cm³/mol.